The van der Waals surface area contributed by atoms with Crippen LogP contribution in [0.3, 0.4) is 0 Å². The predicted molar refractivity (Wildman–Crippen MR) is 92.0 cm³/mol. The number of rotatable bonds is 9. The van der Waals surface area contributed by atoms with Crippen LogP contribution in [0.1, 0.15) is 48.0 Å². The molecule has 0 aromatic carbocycles. The predicted octanol–water partition coefficient (Wildman–Crippen LogP) is 1.99. The molecule has 1 unspecified atom stereocenters. The Hall–Kier alpha value is -0.810. The molecule has 21 heavy (non-hydrogen) atoms. The normalized spacial score (nSPS) is 14.4. The van der Waals surface area contributed by atoms with Gasteiger partial charge in [-0.15, -0.1) is 0 Å². The summed E-state index contributed by atoms with van der Waals surface area (Å²) >= 11 is 0. The lowest BCUT2D eigenvalue weighted by Crippen LogP contribution is -2.45. The minimum absolute atomic E-state index is 0.153. The summed E-state index contributed by atoms with van der Waals surface area (Å²) < 4.78 is 5.74. The number of hydrogen-bond donors (Lipinski definition) is 3. The molecule has 0 amide bonds. The van der Waals surface area contributed by atoms with Crippen molar-refractivity contribution < 1.29 is 4.74 Å². The van der Waals surface area contributed by atoms with E-state index in [2.05, 4.69) is 55.6 Å². The van der Waals surface area contributed by atoms with Crippen molar-refractivity contribution in [2.45, 2.75) is 59.6 Å². The van der Waals surface area contributed by atoms with Gasteiger partial charge in [0.15, 0.2) is 5.96 Å². The van der Waals surface area contributed by atoms with Crippen molar-refractivity contribution in [2.75, 3.05) is 33.3 Å². The molecule has 0 bridgehead atoms. The highest BCUT2D eigenvalue weighted by Crippen LogP contribution is 2.09. The zero-order valence-corrected chi connectivity index (χ0v) is 15.0. The fourth-order valence-electron chi connectivity index (χ4n) is 2.00. The Balaban J connectivity index is 3.90. The minimum atomic E-state index is 0.153. The molecule has 0 aliphatic heterocycles. The van der Waals surface area contributed by atoms with E-state index < -0.39 is 0 Å². The fraction of sp³-hybridized carbons (Fsp3) is 0.938. The van der Waals surface area contributed by atoms with E-state index in [4.69, 9.17) is 4.74 Å². The van der Waals surface area contributed by atoms with Crippen LogP contribution in [0.15, 0.2) is 4.99 Å². The van der Waals surface area contributed by atoms with E-state index in [0.717, 1.165) is 38.6 Å². The molecular formula is C16H36N4O. The first-order chi connectivity index (χ1) is 9.80. The van der Waals surface area contributed by atoms with E-state index >= 15 is 0 Å². The SMILES string of the molecule is CCOC(CCNC(=NC)NCCNC(C)(C)C)C(C)C. The maximum Gasteiger partial charge on any atom is 0.191 e. The second-order valence-electron chi connectivity index (χ2n) is 6.63. The van der Waals surface area contributed by atoms with Gasteiger partial charge in [-0.3, -0.25) is 4.99 Å². The van der Waals surface area contributed by atoms with Crippen molar-refractivity contribution in [3.63, 3.8) is 0 Å². The summed E-state index contributed by atoms with van der Waals surface area (Å²) in [6.07, 6.45) is 1.30. The first-order valence-corrected chi connectivity index (χ1v) is 8.11. The molecule has 0 aliphatic rings. The van der Waals surface area contributed by atoms with Gasteiger partial charge in [0.05, 0.1) is 6.10 Å². The van der Waals surface area contributed by atoms with Gasteiger partial charge in [-0.1, -0.05) is 13.8 Å². The molecule has 0 rings (SSSR count). The molecule has 126 valence electrons. The molecule has 0 aromatic heterocycles. The summed E-state index contributed by atoms with van der Waals surface area (Å²) in [7, 11) is 1.80. The first-order valence-electron chi connectivity index (χ1n) is 8.11. The topological polar surface area (TPSA) is 57.7 Å². The van der Waals surface area contributed by atoms with Crippen molar-refractivity contribution in [3.05, 3.63) is 0 Å². The molecule has 3 N–H and O–H groups in total. The van der Waals surface area contributed by atoms with E-state index in [0.29, 0.717) is 12.0 Å². The van der Waals surface area contributed by atoms with Gasteiger partial charge in [-0.05, 0) is 40.0 Å². The van der Waals surface area contributed by atoms with Gasteiger partial charge >= 0.3 is 0 Å². The van der Waals surface area contributed by atoms with Crippen molar-refractivity contribution >= 4 is 5.96 Å². The third-order valence-corrected chi connectivity index (χ3v) is 3.14. The Kier molecular flexibility index (Phi) is 10.4. The lowest BCUT2D eigenvalue weighted by molar-refractivity contribution is 0.0258. The summed E-state index contributed by atoms with van der Waals surface area (Å²) in [4.78, 5) is 4.24. The number of ether oxygens (including phenoxy) is 1. The van der Waals surface area contributed by atoms with Crippen LogP contribution in [-0.2, 0) is 4.74 Å². The van der Waals surface area contributed by atoms with Crippen molar-refractivity contribution in [1.82, 2.24) is 16.0 Å². The molecule has 0 saturated carbocycles. The quantitative estimate of drug-likeness (QED) is 0.346. The van der Waals surface area contributed by atoms with E-state index in [-0.39, 0.29) is 5.54 Å². The molecular weight excluding hydrogens is 264 g/mol. The summed E-state index contributed by atoms with van der Waals surface area (Å²) in [6, 6.07) is 0. The molecule has 0 aromatic rings. The van der Waals surface area contributed by atoms with E-state index in [1.807, 2.05) is 6.92 Å². The van der Waals surface area contributed by atoms with E-state index in [1.165, 1.54) is 0 Å². The monoisotopic (exact) mass is 300 g/mol. The second-order valence-corrected chi connectivity index (χ2v) is 6.63. The summed E-state index contributed by atoms with van der Waals surface area (Å²) in [5.74, 6) is 1.39. The Morgan fingerprint density at radius 2 is 1.71 bits per heavy atom. The van der Waals surface area contributed by atoms with Crippen LogP contribution < -0.4 is 16.0 Å². The lowest BCUT2D eigenvalue weighted by atomic mass is 10.0. The van der Waals surface area contributed by atoms with Crippen molar-refractivity contribution in [3.8, 4) is 0 Å². The molecule has 0 aliphatic carbocycles. The zero-order valence-electron chi connectivity index (χ0n) is 15.0. The van der Waals surface area contributed by atoms with E-state index in [9.17, 15) is 0 Å². The largest absolute Gasteiger partial charge is 0.378 e. The average molecular weight is 300 g/mol. The molecule has 0 fully saturated rings. The number of hydrogen-bond acceptors (Lipinski definition) is 3. The zero-order chi connectivity index (χ0) is 16.3. The second kappa shape index (κ2) is 10.9. The molecule has 5 nitrogen and oxygen atoms in total. The molecule has 0 spiro atoms. The first kappa shape index (κ1) is 20.2. The van der Waals surface area contributed by atoms with Gasteiger partial charge < -0.3 is 20.7 Å². The highest BCUT2D eigenvalue weighted by atomic mass is 16.5. The smallest absolute Gasteiger partial charge is 0.191 e. The molecule has 5 heteroatoms. The number of nitrogens with zero attached hydrogens (tertiary/aromatic N) is 1. The summed E-state index contributed by atoms with van der Waals surface area (Å²) in [6.45, 7) is 16.4. The van der Waals surface area contributed by atoms with Gasteiger partial charge in [0.25, 0.3) is 0 Å². The third kappa shape index (κ3) is 11.5. The number of guanidine groups is 1. The van der Waals surface area contributed by atoms with Crippen LogP contribution in [0.25, 0.3) is 0 Å². The Bertz CT molecular complexity index is 284. The minimum Gasteiger partial charge on any atom is -0.378 e. The summed E-state index contributed by atoms with van der Waals surface area (Å²) in [5, 5.41) is 10.1. The Labute approximate surface area is 131 Å². The van der Waals surface area contributed by atoms with Crippen molar-refractivity contribution in [2.24, 2.45) is 10.9 Å². The van der Waals surface area contributed by atoms with Crippen LogP contribution in [0.4, 0.5) is 0 Å². The maximum absolute atomic E-state index is 5.74. The molecule has 0 heterocycles. The standard InChI is InChI=1S/C16H36N4O/c1-8-21-14(13(2)3)9-10-18-15(17-7)19-11-12-20-16(4,5)6/h13-14,20H,8-12H2,1-7H3,(H2,17,18,19). The summed E-state index contributed by atoms with van der Waals surface area (Å²) in [5.41, 5.74) is 0.153. The maximum atomic E-state index is 5.74. The highest BCUT2D eigenvalue weighted by molar-refractivity contribution is 5.79. The van der Waals surface area contributed by atoms with Crippen LogP contribution in [0.5, 0.6) is 0 Å². The van der Waals surface area contributed by atoms with Gasteiger partial charge in [0.2, 0.25) is 0 Å². The van der Waals surface area contributed by atoms with Crippen LogP contribution in [0, 0.1) is 5.92 Å². The average Bonchev–Trinajstić information content (AvgIpc) is 2.38. The Morgan fingerprint density at radius 3 is 2.19 bits per heavy atom. The van der Waals surface area contributed by atoms with Crippen LogP contribution in [-0.4, -0.2) is 50.9 Å². The van der Waals surface area contributed by atoms with Gasteiger partial charge in [-0.2, -0.15) is 0 Å². The van der Waals surface area contributed by atoms with E-state index in [1.54, 1.807) is 7.05 Å². The molecule has 1 atom stereocenters. The lowest BCUT2D eigenvalue weighted by Gasteiger charge is -2.22. The van der Waals surface area contributed by atoms with Crippen molar-refractivity contribution in [1.29, 1.82) is 0 Å². The van der Waals surface area contributed by atoms with Gasteiger partial charge in [-0.25, -0.2) is 0 Å². The Morgan fingerprint density at radius 1 is 1.10 bits per heavy atom. The number of aliphatic imine (C=N–C) groups is 1. The van der Waals surface area contributed by atoms with Crippen LogP contribution in [0.2, 0.25) is 0 Å². The molecule has 0 saturated heterocycles. The van der Waals surface area contributed by atoms with Gasteiger partial charge in [0.1, 0.15) is 0 Å². The molecule has 0 radical (unpaired) electrons. The third-order valence-electron chi connectivity index (χ3n) is 3.14. The van der Waals surface area contributed by atoms with Gasteiger partial charge in [0, 0.05) is 38.8 Å². The number of nitrogens with one attached hydrogen (secondary N) is 3. The van der Waals surface area contributed by atoms with Crippen LogP contribution >= 0.6 is 0 Å². The highest BCUT2D eigenvalue weighted by Gasteiger charge is 2.13. The fourth-order valence-corrected chi connectivity index (χ4v) is 2.00.